The van der Waals surface area contributed by atoms with E-state index >= 15 is 0 Å². The number of ketones is 1. The molecule has 0 bridgehead atoms. The number of rotatable bonds is 4. The molecule has 0 atom stereocenters. The molecular weight excluding hydrogens is 356 g/mol. The molecule has 4 rings (SSSR count). The van der Waals surface area contributed by atoms with E-state index in [-0.39, 0.29) is 23.5 Å². The smallest absolute Gasteiger partial charge is 0.314 e. The van der Waals surface area contributed by atoms with Gasteiger partial charge in [0, 0.05) is 5.56 Å². The number of fused-ring (bicyclic) bond motifs is 1. The molecule has 7 nitrogen and oxygen atoms in total. The number of aromatic amines is 1. The highest BCUT2D eigenvalue weighted by Gasteiger charge is 2.19. The van der Waals surface area contributed by atoms with Crippen molar-refractivity contribution in [2.75, 3.05) is 0 Å². The number of nitrogens with one attached hydrogen (secondary N) is 1. The molecule has 0 fully saturated rings. The summed E-state index contributed by atoms with van der Waals surface area (Å²) in [4.78, 5) is 44.5. The van der Waals surface area contributed by atoms with Crippen molar-refractivity contribution in [1.82, 2.24) is 19.1 Å². The van der Waals surface area contributed by atoms with Crippen molar-refractivity contribution in [2.45, 2.75) is 20.4 Å². The number of nitrogens with zero attached hydrogens (tertiary/aromatic N) is 3. The topological polar surface area (TPSA) is 89.8 Å². The summed E-state index contributed by atoms with van der Waals surface area (Å²) in [5.41, 5.74) is 1.48. The van der Waals surface area contributed by atoms with Crippen molar-refractivity contribution in [2.24, 2.45) is 0 Å². The van der Waals surface area contributed by atoms with Gasteiger partial charge >= 0.3 is 5.69 Å². The van der Waals surface area contributed by atoms with Gasteiger partial charge in [-0.25, -0.2) is 14.3 Å². The molecule has 0 saturated heterocycles. The van der Waals surface area contributed by atoms with Crippen molar-refractivity contribution in [3.63, 3.8) is 0 Å². The van der Waals surface area contributed by atoms with Crippen LogP contribution < -0.4 is 11.2 Å². The Hall–Kier alpha value is -3.74. The van der Waals surface area contributed by atoms with Gasteiger partial charge in [-0.1, -0.05) is 48.0 Å². The molecule has 0 aliphatic carbocycles. The summed E-state index contributed by atoms with van der Waals surface area (Å²) in [5.74, 6) is 0.340. The first-order valence-corrected chi connectivity index (χ1v) is 8.83. The van der Waals surface area contributed by atoms with E-state index in [0.717, 1.165) is 5.56 Å². The Morgan fingerprint density at radius 2 is 1.68 bits per heavy atom. The van der Waals surface area contributed by atoms with Crippen LogP contribution in [0.2, 0.25) is 0 Å². The predicted octanol–water partition coefficient (Wildman–Crippen LogP) is 2.38. The first kappa shape index (κ1) is 17.7. The maximum Gasteiger partial charge on any atom is 0.334 e. The Morgan fingerprint density at radius 1 is 1.00 bits per heavy atom. The third kappa shape index (κ3) is 2.96. The second kappa shape index (κ2) is 6.77. The summed E-state index contributed by atoms with van der Waals surface area (Å²) in [6.45, 7) is 3.62. The number of aromatic nitrogens is 4. The van der Waals surface area contributed by atoms with E-state index in [0.29, 0.717) is 17.1 Å². The molecule has 0 unspecified atom stereocenters. The second-order valence-corrected chi connectivity index (χ2v) is 6.64. The Balaban J connectivity index is 1.90. The average Bonchev–Trinajstić information content (AvgIpc) is 3.00. The lowest BCUT2D eigenvalue weighted by Crippen LogP contribution is -2.30. The molecule has 1 N–H and O–H groups in total. The van der Waals surface area contributed by atoms with Crippen LogP contribution in [0.1, 0.15) is 21.7 Å². The maximum absolute atomic E-state index is 12.6. The minimum absolute atomic E-state index is 0.0402. The van der Waals surface area contributed by atoms with Gasteiger partial charge in [-0.05, 0) is 26.0 Å². The van der Waals surface area contributed by atoms with E-state index in [1.165, 1.54) is 4.57 Å². The molecule has 0 spiro atoms. The van der Waals surface area contributed by atoms with Gasteiger partial charge in [-0.15, -0.1) is 0 Å². The summed E-state index contributed by atoms with van der Waals surface area (Å²) in [5, 5.41) is 0. The summed E-state index contributed by atoms with van der Waals surface area (Å²) < 4.78 is 2.90. The predicted molar refractivity (Wildman–Crippen MR) is 106 cm³/mol. The Kier molecular flexibility index (Phi) is 4.27. The zero-order valence-electron chi connectivity index (χ0n) is 15.5. The lowest BCUT2D eigenvalue weighted by molar-refractivity contribution is 0.0972. The van der Waals surface area contributed by atoms with Gasteiger partial charge in [-0.3, -0.25) is 14.6 Å². The monoisotopic (exact) mass is 374 g/mol. The van der Waals surface area contributed by atoms with Crippen LogP contribution in [0, 0.1) is 13.8 Å². The quantitative estimate of drug-likeness (QED) is 0.555. The molecule has 0 aliphatic heterocycles. The van der Waals surface area contributed by atoms with Crippen LogP contribution in [-0.2, 0) is 6.54 Å². The van der Waals surface area contributed by atoms with Crippen molar-refractivity contribution in [3.05, 3.63) is 92.4 Å². The van der Waals surface area contributed by atoms with Gasteiger partial charge in [0.05, 0.1) is 12.2 Å². The van der Waals surface area contributed by atoms with Crippen LogP contribution in [0.4, 0.5) is 0 Å². The number of benzene rings is 2. The van der Waals surface area contributed by atoms with Gasteiger partial charge in [0.15, 0.2) is 16.9 Å². The molecule has 0 radical (unpaired) electrons. The summed E-state index contributed by atoms with van der Waals surface area (Å²) in [6, 6.07) is 16.2. The van der Waals surface area contributed by atoms with Crippen molar-refractivity contribution in [1.29, 1.82) is 0 Å². The van der Waals surface area contributed by atoms with Gasteiger partial charge in [0.25, 0.3) is 5.56 Å². The summed E-state index contributed by atoms with van der Waals surface area (Å²) in [6.07, 6.45) is 0. The molecule has 2 heterocycles. The lowest BCUT2D eigenvalue weighted by atomic mass is 10.1. The number of hydrogen-bond acceptors (Lipinski definition) is 4. The highest BCUT2D eigenvalue weighted by Crippen LogP contribution is 2.16. The molecule has 7 heteroatoms. The van der Waals surface area contributed by atoms with E-state index in [2.05, 4.69) is 9.97 Å². The van der Waals surface area contributed by atoms with Crippen molar-refractivity contribution < 1.29 is 4.79 Å². The number of Topliss-reactive ketones (excluding diaryl/α,β-unsaturated/α-hetero) is 1. The third-order valence-electron chi connectivity index (χ3n) is 4.68. The fourth-order valence-corrected chi connectivity index (χ4v) is 3.22. The SMILES string of the molecule is Cc1ccc(-n2c(=O)[nH]c(=O)c3c2nc(C)n3CC(=O)c2ccccc2)cc1. The standard InChI is InChI=1S/C21H18N4O3/c1-13-8-10-16(11-9-13)25-19-18(20(27)23-21(25)28)24(14(2)22-19)12-17(26)15-6-4-3-5-7-15/h3-11H,12H2,1-2H3,(H,23,27,28). The minimum atomic E-state index is -0.569. The molecule has 0 amide bonds. The van der Waals surface area contributed by atoms with Gasteiger partial charge in [-0.2, -0.15) is 0 Å². The van der Waals surface area contributed by atoms with Crippen LogP contribution >= 0.6 is 0 Å². The number of aryl methyl sites for hydroxylation is 2. The fourth-order valence-electron chi connectivity index (χ4n) is 3.22. The third-order valence-corrected chi connectivity index (χ3v) is 4.68. The zero-order valence-corrected chi connectivity index (χ0v) is 15.5. The lowest BCUT2D eigenvalue weighted by Gasteiger charge is -2.08. The largest absolute Gasteiger partial charge is 0.334 e. The first-order valence-electron chi connectivity index (χ1n) is 8.83. The highest BCUT2D eigenvalue weighted by atomic mass is 16.2. The molecule has 140 valence electrons. The average molecular weight is 374 g/mol. The van der Waals surface area contributed by atoms with Crippen molar-refractivity contribution >= 4 is 16.9 Å². The van der Waals surface area contributed by atoms with Crippen LogP contribution in [0.3, 0.4) is 0 Å². The van der Waals surface area contributed by atoms with E-state index in [1.54, 1.807) is 47.9 Å². The van der Waals surface area contributed by atoms with E-state index in [1.807, 2.05) is 25.1 Å². The van der Waals surface area contributed by atoms with Crippen LogP contribution in [0.5, 0.6) is 0 Å². The number of H-pyrrole nitrogens is 1. The minimum Gasteiger partial charge on any atom is -0.314 e. The van der Waals surface area contributed by atoms with Gasteiger partial charge in [0.2, 0.25) is 0 Å². The maximum atomic E-state index is 12.6. The Morgan fingerprint density at radius 3 is 2.36 bits per heavy atom. The van der Waals surface area contributed by atoms with E-state index in [9.17, 15) is 14.4 Å². The molecule has 28 heavy (non-hydrogen) atoms. The van der Waals surface area contributed by atoms with Crippen LogP contribution in [0.15, 0.2) is 64.2 Å². The normalized spacial score (nSPS) is 11.1. The molecule has 0 saturated carbocycles. The summed E-state index contributed by atoms with van der Waals surface area (Å²) in [7, 11) is 0. The Labute approximate surface area is 159 Å². The van der Waals surface area contributed by atoms with Crippen molar-refractivity contribution in [3.8, 4) is 5.69 Å². The summed E-state index contributed by atoms with van der Waals surface area (Å²) >= 11 is 0. The second-order valence-electron chi connectivity index (χ2n) is 6.64. The number of carbonyl (C=O) groups is 1. The molecule has 2 aromatic carbocycles. The van der Waals surface area contributed by atoms with Crippen LogP contribution in [0.25, 0.3) is 16.9 Å². The van der Waals surface area contributed by atoms with Crippen LogP contribution in [-0.4, -0.2) is 24.9 Å². The first-order chi connectivity index (χ1) is 13.5. The Bertz CT molecular complexity index is 1300. The van der Waals surface area contributed by atoms with Gasteiger partial charge in [0.1, 0.15) is 5.82 Å². The number of imidazole rings is 1. The highest BCUT2D eigenvalue weighted by molar-refractivity contribution is 5.96. The number of hydrogen-bond donors (Lipinski definition) is 1. The number of carbonyl (C=O) groups excluding carboxylic acids is 1. The zero-order chi connectivity index (χ0) is 19.8. The van der Waals surface area contributed by atoms with E-state index < -0.39 is 11.2 Å². The van der Waals surface area contributed by atoms with Gasteiger partial charge < -0.3 is 4.57 Å². The van der Waals surface area contributed by atoms with E-state index in [4.69, 9.17) is 0 Å². The molecule has 2 aromatic heterocycles. The molecule has 4 aromatic rings. The fraction of sp³-hybridized carbons (Fsp3) is 0.143. The molecular formula is C21H18N4O3. The molecule has 0 aliphatic rings.